The van der Waals surface area contributed by atoms with Crippen molar-refractivity contribution in [3.05, 3.63) is 12.2 Å². The fourth-order valence-corrected chi connectivity index (χ4v) is 0.136. The molecule has 0 aromatic rings. The molecule has 0 bridgehead atoms. The Hall–Kier alpha value is 0.280. The van der Waals surface area contributed by atoms with Gasteiger partial charge in [0.25, 0.3) is 0 Å². The highest BCUT2D eigenvalue weighted by molar-refractivity contribution is 5.85. The van der Waals surface area contributed by atoms with Crippen molar-refractivity contribution in [2.24, 2.45) is 5.73 Å². The van der Waals surface area contributed by atoms with Crippen molar-refractivity contribution in [1.82, 2.24) is 0 Å². The molecule has 0 saturated heterocycles. The van der Waals surface area contributed by atoms with E-state index in [-0.39, 0.29) is 24.8 Å². The summed E-state index contributed by atoms with van der Waals surface area (Å²) in [5, 5.41) is 0. The van der Waals surface area contributed by atoms with Gasteiger partial charge in [0.2, 0.25) is 0 Å². The van der Waals surface area contributed by atoms with Crippen LogP contribution in [0.5, 0.6) is 0 Å². The number of hydrogen-bond acceptors (Lipinski definition) is 1. The lowest BCUT2D eigenvalue weighted by Gasteiger charge is -1.67. The Bertz CT molecular complexity index is 36.7. The van der Waals surface area contributed by atoms with Crippen LogP contribution in [0.2, 0.25) is 0 Å². The first-order valence-corrected chi connectivity index (χ1v) is 1.73. The number of rotatable bonds is 1. The number of allylic oxidation sites excluding steroid dienone is 1. The summed E-state index contributed by atoms with van der Waals surface area (Å²) in [4.78, 5) is 0. The van der Waals surface area contributed by atoms with Gasteiger partial charge in [-0.3, -0.25) is 0 Å². The average molecular weight is 144 g/mol. The molecule has 0 aromatic heterocycles. The molecular formula is C4H11Cl2N. The van der Waals surface area contributed by atoms with Crippen LogP contribution < -0.4 is 5.73 Å². The van der Waals surface area contributed by atoms with E-state index in [1.54, 1.807) is 0 Å². The number of halogens is 2. The van der Waals surface area contributed by atoms with Gasteiger partial charge in [-0.1, -0.05) is 12.2 Å². The molecule has 0 aliphatic heterocycles. The number of nitrogens with two attached hydrogens (primary N) is 1. The molecule has 46 valence electrons. The Morgan fingerprint density at radius 2 is 1.86 bits per heavy atom. The van der Waals surface area contributed by atoms with Crippen molar-refractivity contribution in [2.45, 2.75) is 6.92 Å². The quantitative estimate of drug-likeness (QED) is 0.552. The molecule has 2 N–H and O–H groups in total. The Morgan fingerprint density at radius 1 is 1.43 bits per heavy atom. The van der Waals surface area contributed by atoms with Gasteiger partial charge in [-0.25, -0.2) is 0 Å². The van der Waals surface area contributed by atoms with Crippen molar-refractivity contribution in [3.8, 4) is 0 Å². The largest absolute Gasteiger partial charge is 0.327 e. The minimum absolute atomic E-state index is 0. The second-order valence-corrected chi connectivity index (χ2v) is 0.805. The van der Waals surface area contributed by atoms with E-state index in [2.05, 4.69) is 0 Å². The van der Waals surface area contributed by atoms with E-state index < -0.39 is 0 Å². The summed E-state index contributed by atoms with van der Waals surface area (Å²) in [6.45, 7) is 2.61. The van der Waals surface area contributed by atoms with Gasteiger partial charge in [-0.05, 0) is 6.92 Å². The number of hydrogen-bond donors (Lipinski definition) is 1. The van der Waals surface area contributed by atoms with Crippen molar-refractivity contribution >= 4 is 24.8 Å². The smallest absolute Gasteiger partial charge is 0.0106 e. The molecule has 0 heterocycles. The fourth-order valence-electron chi connectivity index (χ4n) is 0.136. The zero-order valence-corrected chi connectivity index (χ0v) is 5.89. The molecule has 0 aliphatic carbocycles. The predicted molar refractivity (Wildman–Crippen MR) is 38.4 cm³/mol. The molecular weight excluding hydrogens is 133 g/mol. The van der Waals surface area contributed by atoms with E-state index in [1.165, 1.54) is 0 Å². The standard InChI is InChI=1S/C4H9N.2ClH/c1-2-3-4-5;;/h2-3H,4-5H2,1H3;2*1H/b3-2+;;. The molecule has 0 unspecified atom stereocenters. The normalized spacial score (nSPS) is 7.14. The molecule has 0 spiro atoms. The third-order valence-electron chi connectivity index (χ3n) is 0.372. The molecule has 0 saturated carbocycles. The summed E-state index contributed by atoms with van der Waals surface area (Å²) in [5.74, 6) is 0. The third-order valence-corrected chi connectivity index (χ3v) is 0.372. The van der Waals surface area contributed by atoms with Gasteiger partial charge >= 0.3 is 0 Å². The lowest BCUT2D eigenvalue weighted by Crippen LogP contribution is -1.90. The van der Waals surface area contributed by atoms with E-state index >= 15 is 0 Å². The maximum Gasteiger partial charge on any atom is 0.0106 e. The Kier molecular flexibility index (Phi) is 36.4. The van der Waals surface area contributed by atoms with Gasteiger partial charge < -0.3 is 5.73 Å². The SMILES string of the molecule is C/C=C/CN.Cl.Cl. The van der Waals surface area contributed by atoms with Crippen LogP contribution in [0.15, 0.2) is 12.2 Å². The van der Waals surface area contributed by atoms with Crippen LogP contribution in [0.25, 0.3) is 0 Å². The molecule has 0 fully saturated rings. The van der Waals surface area contributed by atoms with E-state index in [4.69, 9.17) is 5.73 Å². The van der Waals surface area contributed by atoms with Crippen molar-refractivity contribution in [3.63, 3.8) is 0 Å². The van der Waals surface area contributed by atoms with E-state index in [1.807, 2.05) is 19.1 Å². The van der Waals surface area contributed by atoms with Gasteiger partial charge in [-0.15, -0.1) is 24.8 Å². The maximum atomic E-state index is 5.05. The fraction of sp³-hybridized carbons (Fsp3) is 0.500. The highest BCUT2D eigenvalue weighted by atomic mass is 35.5. The van der Waals surface area contributed by atoms with Crippen LogP contribution in [0.1, 0.15) is 6.92 Å². The van der Waals surface area contributed by atoms with Gasteiger partial charge in [0.1, 0.15) is 0 Å². The van der Waals surface area contributed by atoms with Crippen LogP contribution in [-0.4, -0.2) is 6.54 Å². The zero-order chi connectivity index (χ0) is 4.12. The summed E-state index contributed by atoms with van der Waals surface area (Å²) in [6.07, 6.45) is 3.83. The molecule has 0 rings (SSSR count). The minimum Gasteiger partial charge on any atom is -0.327 e. The Morgan fingerprint density at radius 3 is 1.86 bits per heavy atom. The van der Waals surface area contributed by atoms with Crippen LogP contribution in [-0.2, 0) is 0 Å². The molecule has 0 atom stereocenters. The lowest BCUT2D eigenvalue weighted by molar-refractivity contribution is 1.25. The molecule has 0 amide bonds. The van der Waals surface area contributed by atoms with Crippen molar-refractivity contribution < 1.29 is 0 Å². The van der Waals surface area contributed by atoms with Crippen molar-refractivity contribution in [1.29, 1.82) is 0 Å². The third kappa shape index (κ3) is 22.1. The zero-order valence-electron chi connectivity index (χ0n) is 4.26. The summed E-state index contributed by atoms with van der Waals surface area (Å²) in [7, 11) is 0. The molecule has 7 heavy (non-hydrogen) atoms. The maximum absolute atomic E-state index is 5.05. The second-order valence-electron chi connectivity index (χ2n) is 0.805. The monoisotopic (exact) mass is 143 g/mol. The summed E-state index contributed by atoms with van der Waals surface area (Å²) >= 11 is 0. The van der Waals surface area contributed by atoms with Gasteiger partial charge in [-0.2, -0.15) is 0 Å². The molecule has 0 radical (unpaired) electrons. The molecule has 0 aromatic carbocycles. The second kappa shape index (κ2) is 16.3. The van der Waals surface area contributed by atoms with Crippen LogP contribution >= 0.6 is 24.8 Å². The molecule has 0 aliphatic rings. The van der Waals surface area contributed by atoms with E-state index in [0.29, 0.717) is 6.54 Å². The first-order valence-electron chi connectivity index (χ1n) is 1.73. The van der Waals surface area contributed by atoms with Gasteiger partial charge in [0.05, 0.1) is 0 Å². The molecule has 3 heteroatoms. The highest BCUT2D eigenvalue weighted by Gasteiger charge is 1.51. The Labute approximate surface area is 56.8 Å². The summed E-state index contributed by atoms with van der Waals surface area (Å²) < 4.78 is 0. The van der Waals surface area contributed by atoms with Crippen LogP contribution in [0.3, 0.4) is 0 Å². The van der Waals surface area contributed by atoms with Crippen molar-refractivity contribution in [2.75, 3.05) is 6.54 Å². The van der Waals surface area contributed by atoms with Gasteiger partial charge in [0.15, 0.2) is 0 Å². The van der Waals surface area contributed by atoms with E-state index in [0.717, 1.165) is 0 Å². The van der Waals surface area contributed by atoms with Crippen LogP contribution in [0, 0.1) is 0 Å². The average Bonchev–Trinajstić information content (AvgIpc) is 1.41. The van der Waals surface area contributed by atoms with Gasteiger partial charge in [0, 0.05) is 6.54 Å². The topological polar surface area (TPSA) is 26.0 Å². The van der Waals surface area contributed by atoms with E-state index in [9.17, 15) is 0 Å². The molecule has 1 nitrogen and oxygen atoms in total. The highest BCUT2D eigenvalue weighted by Crippen LogP contribution is 1.57. The summed E-state index contributed by atoms with van der Waals surface area (Å²) in [6, 6.07) is 0. The first kappa shape index (κ1) is 15.7. The summed E-state index contributed by atoms with van der Waals surface area (Å²) in [5.41, 5.74) is 5.05. The first-order chi connectivity index (χ1) is 2.41. The lowest BCUT2D eigenvalue weighted by atomic mass is 10.5. The Balaban J connectivity index is -0.0000000800. The predicted octanol–water partition coefficient (Wildman–Crippen LogP) is 1.36. The van der Waals surface area contributed by atoms with Crippen LogP contribution in [0.4, 0.5) is 0 Å². The minimum atomic E-state index is 0.